The monoisotopic (exact) mass is 283 g/mol. The Labute approximate surface area is 125 Å². The van der Waals surface area contributed by atoms with Gasteiger partial charge in [0.2, 0.25) is 0 Å². The molecule has 0 aliphatic rings. The number of fused-ring (bicyclic) bond motifs is 1. The van der Waals surface area contributed by atoms with Crippen LogP contribution >= 0.6 is 0 Å². The molecule has 3 nitrogen and oxygen atoms in total. The summed E-state index contributed by atoms with van der Waals surface area (Å²) in [6.45, 7) is 3.38. The van der Waals surface area contributed by atoms with E-state index in [4.69, 9.17) is 4.74 Å². The normalized spacial score (nSPS) is 11.6. The van der Waals surface area contributed by atoms with Gasteiger partial charge in [-0.05, 0) is 22.8 Å². The highest BCUT2D eigenvalue weighted by Gasteiger charge is 2.05. The molecule has 0 unspecified atom stereocenters. The highest BCUT2D eigenvalue weighted by atomic mass is 16.5. The summed E-state index contributed by atoms with van der Waals surface area (Å²) in [6, 6.07) is 14.7. The van der Waals surface area contributed by atoms with Crippen LogP contribution in [0.1, 0.15) is 18.9 Å². The van der Waals surface area contributed by atoms with Crippen molar-refractivity contribution >= 4 is 16.7 Å². The summed E-state index contributed by atoms with van der Waals surface area (Å²) < 4.78 is 4.74. The molecule has 0 amide bonds. The highest BCUT2D eigenvalue weighted by molar-refractivity contribution is 5.88. The zero-order chi connectivity index (χ0) is 15.1. The van der Waals surface area contributed by atoms with E-state index in [0.29, 0.717) is 18.5 Å². The predicted molar refractivity (Wildman–Crippen MR) is 86.0 cm³/mol. The number of methoxy groups -OCH3 is 1. The van der Waals surface area contributed by atoms with E-state index in [-0.39, 0.29) is 5.97 Å². The molecule has 2 aromatic carbocycles. The van der Waals surface area contributed by atoms with Crippen molar-refractivity contribution in [2.24, 2.45) is 0 Å². The summed E-state index contributed by atoms with van der Waals surface area (Å²) in [5.74, 6) is -0.246. The Morgan fingerprint density at radius 1 is 1.19 bits per heavy atom. The second-order valence-electron chi connectivity index (χ2n) is 4.84. The van der Waals surface area contributed by atoms with Gasteiger partial charge < -0.3 is 10.1 Å². The number of hydrogen-bond acceptors (Lipinski definition) is 3. The molecule has 21 heavy (non-hydrogen) atoms. The summed E-state index contributed by atoms with van der Waals surface area (Å²) >= 11 is 0. The average molecular weight is 283 g/mol. The lowest BCUT2D eigenvalue weighted by molar-refractivity contribution is -0.136. The van der Waals surface area contributed by atoms with E-state index in [1.165, 1.54) is 23.4 Å². The number of carbonyl (C=O) groups is 1. The Hall–Kier alpha value is -2.13. The molecule has 1 N–H and O–H groups in total. The van der Waals surface area contributed by atoms with Gasteiger partial charge in [0.05, 0.1) is 7.11 Å². The van der Waals surface area contributed by atoms with Crippen molar-refractivity contribution in [3.63, 3.8) is 0 Å². The highest BCUT2D eigenvalue weighted by Crippen LogP contribution is 2.18. The molecule has 2 rings (SSSR count). The molecule has 110 valence electrons. The van der Waals surface area contributed by atoms with Gasteiger partial charge in [-0.25, -0.2) is 4.79 Å². The number of rotatable bonds is 6. The van der Waals surface area contributed by atoms with E-state index in [1.807, 2.05) is 19.1 Å². The summed E-state index contributed by atoms with van der Waals surface area (Å²) in [6.07, 6.45) is 2.58. The van der Waals surface area contributed by atoms with Gasteiger partial charge in [0.25, 0.3) is 0 Å². The summed E-state index contributed by atoms with van der Waals surface area (Å²) in [5.41, 5.74) is 1.97. The fourth-order valence-electron chi connectivity index (χ4n) is 2.35. The topological polar surface area (TPSA) is 38.3 Å². The summed E-state index contributed by atoms with van der Waals surface area (Å²) in [5, 5.41) is 5.86. The lowest BCUT2D eigenvalue weighted by Crippen LogP contribution is -2.15. The van der Waals surface area contributed by atoms with E-state index in [0.717, 1.165) is 6.54 Å². The first-order valence-corrected chi connectivity index (χ1v) is 7.21. The maximum absolute atomic E-state index is 11.5. The molecule has 0 bridgehead atoms. The molecule has 0 saturated carbocycles. The third-order valence-electron chi connectivity index (χ3n) is 3.52. The number of carbonyl (C=O) groups excluding carboxylic acids is 1. The molecular weight excluding hydrogens is 262 g/mol. The van der Waals surface area contributed by atoms with Gasteiger partial charge in [0, 0.05) is 18.7 Å². The van der Waals surface area contributed by atoms with Crippen molar-refractivity contribution in [2.75, 3.05) is 13.7 Å². The predicted octanol–water partition coefficient (Wildman–Crippen LogP) is 3.44. The van der Waals surface area contributed by atoms with Gasteiger partial charge in [-0.3, -0.25) is 0 Å². The zero-order valence-corrected chi connectivity index (χ0v) is 12.6. The minimum atomic E-state index is -0.246. The van der Waals surface area contributed by atoms with Crippen molar-refractivity contribution in [2.45, 2.75) is 19.9 Å². The van der Waals surface area contributed by atoms with Crippen LogP contribution in [0.25, 0.3) is 10.8 Å². The minimum absolute atomic E-state index is 0.246. The first-order valence-electron chi connectivity index (χ1n) is 7.21. The smallest absolute Gasteiger partial charge is 0.333 e. The lowest BCUT2D eigenvalue weighted by Gasteiger charge is -2.07. The van der Waals surface area contributed by atoms with Crippen LogP contribution in [0.2, 0.25) is 0 Å². The van der Waals surface area contributed by atoms with E-state index < -0.39 is 0 Å². The van der Waals surface area contributed by atoms with Crippen LogP contribution in [0.5, 0.6) is 0 Å². The van der Waals surface area contributed by atoms with Crippen LogP contribution in [0.4, 0.5) is 0 Å². The fraction of sp³-hybridized carbons (Fsp3) is 0.278. The van der Waals surface area contributed by atoms with Crippen LogP contribution in [0.3, 0.4) is 0 Å². The van der Waals surface area contributed by atoms with Crippen LogP contribution in [0.15, 0.2) is 54.1 Å². The first kappa shape index (κ1) is 15.3. The number of nitrogens with one attached hydrogen (secondary N) is 1. The number of esters is 1. The van der Waals surface area contributed by atoms with Gasteiger partial charge >= 0.3 is 5.97 Å². The Kier molecular flexibility index (Phi) is 5.52. The zero-order valence-electron chi connectivity index (χ0n) is 12.6. The van der Waals surface area contributed by atoms with Crippen molar-refractivity contribution in [3.8, 4) is 0 Å². The molecule has 0 spiro atoms. The van der Waals surface area contributed by atoms with Gasteiger partial charge in [-0.1, -0.05) is 55.5 Å². The first-order chi connectivity index (χ1) is 10.3. The Morgan fingerprint density at radius 2 is 1.95 bits per heavy atom. The van der Waals surface area contributed by atoms with E-state index in [2.05, 4.69) is 41.7 Å². The van der Waals surface area contributed by atoms with E-state index in [9.17, 15) is 4.79 Å². The molecule has 0 radical (unpaired) electrons. The minimum Gasteiger partial charge on any atom is -0.466 e. The molecule has 3 heteroatoms. The van der Waals surface area contributed by atoms with Crippen LogP contribution in [0, 0.1) is 0 Å². The third-order valence-corrected chi connectivity index (χ3v) is 3.52. The molecular formula is C18H21NO2. The molecule has 0 heterocycles. The number of hydrogen-bond donors (Lipinski definition) is 1. The quantitative estimate of drug-likeness (QED) is 0.501. The number of ether oxygens (including phenoxy) is 1. The van der Waals surface area contributed by atoms with Crippen LogP contribution in [-0.4, -0.2) is 19.6 Å². The Balaban J connectivity index is 1.99. The van der Waals surface area contributed by atoms with Crippen LogP contribution in [-0.2, 0) is 16.1 Å². The van der Waals surface area contributed by atoms with Gasteiger partial charge in [-0.2, -0.15) is 0 Å². The van der Waals surface area contributed by atoms with Crippen molar-refractivity contribution < 1.29 is 9.53 Å². The standard InChI is InChI=1S/C18H21NO2/c1-3-14(18(20)21-2)11-12-19-13-16-9-6-8-15-7-4-5-10-17(15)16/h4-11,19H,3,12-13H2,1-2H3/b14-11-. The largest absolute Gasteiger partial charge is 0.466 e. The molecule has 0 saturated heterocycles. The summed E-state index contributed by atoms with van der Waals surface area (Å²) in [7, 11) is 1.41. The molecule has 0 aromatic heterocycles. The maximum Gasteiger partial charge on any atom is 0.333 e. The molecule has 0 aliphatic carbocycles. The molecule has 0 aliphatic heterocycles. The van der Waals surface area contributed by atoms with Crippen molar-refractivity contribution in [1.29, 1.82) is 0 Å². The van der Waals surface area contributed by atoms with Gasteiger partial charge in [-0.15, -0.1) is 0 Å². The second-order valence-corrected chi connectivity index (χ2v) is 4.84. The lowest BCUT2D eigenvalue weighted by atomic mass is 10.0. The number of benzene rings is 2. The van der Waals surface area contributed by atoms with Gasteiger partial charge in [0.15, 0.2) is 0 Å². The average Bonchev–Trinajstić information content (AvgIpc) is 2.54. The molecule has 0 fully saturated rings. The molecule has 0 atom stereocenters. The second kappa shape index (κ2) is 7.60. The van der Waals surface area contributed by atoms with E-state index >= 15 is 0 Å². The van der Waals surface area contributed by atoms with Crippen molar-refractivity contribution in [1.82, 2.24) is 5.32 Å². The third kappa shape index (κ3) is 3.92. The fourth-order valence-corrected chi connectivity index (χ4v) is 2.35. The SMILES string of the molecule is CC/C(=C/CNCc1cccc2ccccc12)C(=O)OC. The van der Waals surface area contributed by atoms with Crippen LogP contribution < -0.4 is 5.32 Å². The van der Waals surface area contributed by atoms with Crippen molar-refractivity contribution in [3.05, 3.63) is 59.7 Å². The Morgan fingerprint density at radius 3 is 2.71 bits per heavy atom. The van der Waals surface area contributed by atoms with E-state index in [1.54, 1.807) is 0 Å². The summed E-state index contributed by atoms with van der Waals surface area (Å²) in [4.78, 5) is 11.5. The maximum atomic E-state index is 11.5. The molecule has 2 aromatic rings. The van der Waals surface area contributed by atoms with Gasteiger partial charge in [0.1, 0.15) is 0 Å². The Bertz CT molecular complexity index is 641.